The third-order valence-electron chi connectivity index (χ3n) is 3.60. The van der Waals surface area contributed by atoms with Crippen LogP contribution in [0.2, 0.25) is 0 Å². The molecule has 0 aliphatic carbocycles. The van der Waals surface area contributed by atoms with E-state index in [1.165, 1.54) is 12.1 Å². The molecule has 1 heterocycles. The highest BCUT2D eigenvalue weighted by molar-refractivity contribution is 6.07. The highest BCUT2D eigenvalue weighted by Gasteiger charge is 2.14. The summed E-state index contributed by atoms with van der Waals surface area (Å²) < 4.78 is 19.2. The lowest BCUT2D eigenvalue weighted by Gasteiger charge is -2.12. The van der Waals surface area contributed by atoms with E-state index in [2.05, 4.69) is 15.6 Å². The van der Waals surface area contributed by atoms with Gasteiger partial charge >= 0.3 is 0 Å². The summed E-state index contributed by atoms with van der Waals surface area (Å²) in [4.78, 5) is 16.8. The molecule has 0 aliphatic rings. The van der Waals surface area contributed by atoms with Gasteiger partial charge in [-0.2, -0.15) is 0 Å². The van der Waals surface area contributed by atoms with Crippen molar-refractivity contribution in [3.8, 4) is 5.75 Å². The average Bonchev–Trinajstić information content (AvgIpc) is 2.66. The largest absolute Gasteiger partial charge is 0.494 e. The molecule has 3 aromatic rings. The molecule has 0 radical (unpaired) electrons. The number of ether oxygens (including phenoxy) is 1. The van der Waals surface area contributed by atoms with Gasteiger partial charge in [0, 0.05) is 11.9 Å². The predicted octanol–water partition coefficient (Wildman–Crippen LogP) is 4.62. The number of pyridine rings is 1. The number of carbonyl (C=O) groups excluding carboxylic acids is 1. The molecule has 0 fully saturated rings. The first-order valence-electron chi connectivity index (χ1n) is 8.18. The Morgan fingerprint density at radius 2 is 1.85 bits per heavy atom. The smallest absolute Gasteiger partial charge is 0.259 e. The van der Waals surface area contributed by atoms with E-state index in [1.807, 2.05) is 31.2 Å². The molecule has 0 unspecified atom stereocenters. The van der Waals surface area contributed by atoms with Gasteiger partial charge in [0.25, 0.3) is 5.91 Å². The quantitative estimate of drug-likeness (QED) is 0.680. The van der Waals surface area contributed by atoms with Gasteiger partial charge in [0.2, 0.25) is 0 Å². The van der Waals surface area contributed by atoms with Gasteiger partial charge in [-0.15, -0.1) is 0 Å². The van der Waals surface area contributed by atoms with Crippen molar-refractivity contribution in [2.24, 2.45) is 0 Å². The Bertz CT molecular complexity index is 898. The van der Waals surface area contributed by atoms with E-state index in [-0.39, 0.29) is 5.69 Å². The highest BCUT2D eigenvalue weighted by atomic mass is 19.1. The van der Waals surface area contributed by atoms with Gasteiger partial charge < -0.3 is 15.4 Å². The fraction of sp³-hybridized carbons (Fsp3) is 0.100. The minimum absolute atomic E-state index is 0.119. The second kappa shape index (κ2) is 8.11. The van der Waals surface area contributed by atoms with E-state index in [4.69, 9.17) is 4.74 Å². The zero-order valence-corrected chi connectivity index (χ0v) is 14.2. The van der Waals surface area contributed by atoms with Crippen LogP contribution in [0.15, 0.2) is 66.9 Å². The molecule has 132 valence electrons. The Hall–Kier alpha value is -3.41. The van der Waals surface area contributed by atoms with Crippen molar-refractivity contribution < 1.29 is 13.9 Å². The zero-order valence-electron chi connectivity index (χ0n) is 14.2. The maximum absolute atomic E-state index is 13.8. The van der Waals surface area contributed by atoms with Crippen LogP contribution in [-0.4, -0.2) is 17.5 Å². The first-order valence-corrected chi connectivity index (χ1v) is 8.18. The van der Waals surface area contributed by atoms with Gasteiger partial charge in [-0.05, 0) is 55.5 Å². The number of nitrogens with zero attached hydrogens (tertiary/aromatic N) is 1. The first-order chi connectivity index (χ1) is 12.7. The topological polar surface area (TPSA) is 63.2 Å². The number of benzene rings is 2. The number of para-hydroxylation sites is 1. The van der Waals surface area contributed by atoms with Crippen molar-refractivity contribution >= 4 is 23.1 Å². The molecule has 1 aromatic heterocycles. The lowest BCUT2D eigenvalue weighted by molar-refractivity contribution is 0.102. The summed E-state index contributed by atoms with van der Waals surface area (Å²) >= 11 is 0. The van der Waals surface area contributed by atoms with E-state index >= 15 is 0 Å². The van der Waals surface area contributed by atoms with E-state index in [0.717, 1.165) is 11.4 Å². The van der Waals surface area contributed by atoms with Crippen molar-refractivity contribution in [1.82, 2.24) is 4.98 Å². The average molecular weight is 351 g/mol. The number of hydrogen-bond donors (Lipinski definition) is 2. The van der Waals surface area contributed by atoms with Crippen molar-refractivity contribution in [3.05, 3.63) is 78.2 Å². The summed E-state index contributed by atoms with van der Waals surface area (Å²) in [5.41, 5.74) is 1.19. The van der Waals surface area contributed by atoms with Crippen molar-refractivity contribution in [2.75, 3.05) is 17.2 Å². The molecule has 26 heavy (non-hydrogen) atoms. The normalized spacial score (nSPS) is 10.2. The van der Waals surface area contributed by atoms with Gasteiger partial charge in [-0.25, -0.2) is 9.37 Å². The number of anilines is 3. The second-order valence-corrected chi connectivity index (χ2v) is 5.42. The molecule has 0 aliphatic heterocycles. The number of nitrogens with one attached hydrogen (secondary N) is 2. The van der Waals surface area contributed by atoms with Crippen molar-refractivity contribution in [2.45, 2.75) is 6.92 Å². The Balaban J connectivity index is 1.79. The van der Waals surface area contributed by atoms with E-state index in [1.54, 1.807) is 30.5 Å². The SMILES string of the molecule is CCOc1ccc(Nc2ncccc2C(=O)Nc2ccccc2F)cc1. The van der Waals surface area contributed by atoms with E-state index in [9.17, 15) is 9.18 Å². The Kier molecular flexibility index (Phi) is 5.43. The van der Waals surface area contributed by atoms with Crippen LogP contribution in [0, 0.1) is 5.82 Å². The van der Waals surface area contributed by atoms with Crippen LogP contribution in [0.4, 0.5) is 21.6 Å². The van der Waals surface area contributed by atoms with E-state index in [0.29, 0.717) is 18.0 Å². The summed E-state index contributed by atoms with van der Waals surface area (Å²) in [7, 11) is 0. The third-order valence-corrected chi connectivity index (χ3v) is 3.60. The molecule has 2 aromatic carbocycles. The van der Waals surface area contributed by atoms with Gasteiger partial charge in [-0.3, -0.25) is 4.79 Å². The third kappa shape index (κ3) is 4.16. The molecule has 0 saturated carbocycles. The molecule has 0 saturated heterocycles. The molecular weight excluding hydrogens is 333 g/mol. The number of rotatable bonds is 6. The molecule has 0 spiro atoms. The Labute approximate surface area is 150 Å². The molecule has 5 nitrogen and oxygen atoms in total. The lowest BCUT2D eigenvalue weighted by Crippen LogP contribution is -2.15. The number of aromatic nitrogens is 1. The molecule has 2 N–H and O–H groups in total. The molecular formula is C20H18FN3O2. The van der Waals surface area contributed by atoms with Crippen LogP contribution in [-0.2, 0) is 0 Å². The number of halogens is 1. The standard InChI is InChI=1S/C20H18FN3O2/c1-2-26-15-11-9-14(10-12-15)23-19-16(6-5-13-22-19)20(25)24-18-8-4-3-7-17(18)21/h3-13H,2H2,1H3,(H,22,23)(H,24,25). The van der Waals surface area contributed by atoms with Gasteiger partial charge in [0.15, 0.2) is 0 Å². The van der Waals surface area contributed by atoms with Crippen LogP contribution in [0.3, 0.4) is 0 Å². The van der Waals surface area contributed by atoms with Crippen LogP contribution in [0.5, 0.6) is 5.75 Å². The zero-order chi connectivity index (χ0) is 18.4. The summed E-state index contributed by atoms with van der Waals surface area (Å²) in [6, 6.07) is 16.6. The first kappa shape index (κ1) is 17.4. The summed E-state index contributed by atoms with van der Waals surface area (Å²) in [6.45, 7) is 2.51. The maximum atomic E-state index is 13.8. The molecule has 6 heteroatoms. The second-order valence-electron chi connectivity index (χ2n) is 5.42. The Morgan fingerprint density at radius 3 is 2.58 bits per heavy atom. The van der Waals surface area contributed by atoms with Gasteiger partial charge in [-0.1, -0.05) is 12.1 Å². The number of carbonyl (C=O) groups is 1. The number of hydrogen-bond acceptors (Lipinski definition) is 4. The van der Waals surface area contributed by atoms with E-state index < -0.39 is 11.7 Å². The minimum Gasteiger partial charge on any atom is -0.494 e. The molecule has 3 rings (SSSR count). The summed E-state index contributed by atoms with van der Waals surface area (Å²) in [5.74, 6) is 0.199. The summed E-state index contributed by atoms with van der Waals surface area (Å²) in [6.07, 6.45) is 1.58. The van der Waals surface area contributed by atoms with Crippen molar-refractivity contribution in [1.29, 1.82) is 0 Å². The van der Waals surface area contributed by atoms with Crippen LogP contribution >= 0.6 is 0 Å². The van der Waals surface area contributed by atoms with Gasteiger partial charge in [0.1, 0.15) is 17.4 Å². The predicted molar refractivity (Wildman–Crippen MR) is 99.5 cm³/mol. The van der Waals surface area contributed by atoms with Crippen LogP contribution < -0.4 is 15.4 Å². The monoisotopic (exact) mass is 351 g/mol. The summed E-state index contributed by atoms with van der Waals surface area (Å²) in [5, 5.41) is 5.67. The molecule has 0 atom stereocenters. The molecule has 1 amide bonds. The fourth-order valence-electron chi connectivity index (χ4n) is 2.38. The van der Waals surface area contributed by atoms with Gasteiger partial charge in [0.05, 0.1) is 17.9 Å². The highest BCUT2D eigenvalue weighted by Crippen LogP contribution is 2.22. The molecule has 0 bridgehead atoms. The fourth-order valence-corrected chi connectivity index (χ4v) is 2.38. The Morgan fingerprint density at radius 1 is 1.08 bits per heavy atom. The maximum Gasteiger partial charge on any atom is 0.259 e. The van der Waals surface area contributed by atoms with Crippen LogP contribution in [0.1, 0.15) is 17.3 Å². The number of amides is 1. The van der Waals surface area contributed by atoms with Crippen molar-refractivity contribution in [3.63, 3.8) is 0 Å². The lowest BCUT2D eigenvalue weighted by atomic mass is 10.2. The van der Waals surface area contributed by atoms with Crippen LogP contribution in [0.25, 0.3) is 0 Å². The minimum atomic E-state index is -0.495.